The van der Waals surface area contributed by atoms with Crippen LogP contribution in [0.5, 0.6) is 0 Å². The molecule has 0 fully saturated rings. The van der Waals surface area contributed by atoms with Crippen LogP contribution in [0.1, 0.15) is 29.3 Å². The molecule has 0 N–H and O–H groups in total. The van der Waals surface area contributed by atoms with E-state index in [0.29, 0.717) is 18.7 Å². The molecule has 0 saturated heterocycles. The molecule has 1 aromatic heterocycles. The highest BCUT2D eigenvalue weighted by atomic mass is 32.1. The fourth-order valence-corrected chi connectivity index (χ4v) is 3.83. The summed E-state index contributed by atoms with van der Waals surface area (Å²) in [5.41, 5.74) is 1.64. The van der Waals surface area contributed by atoms with E-state index >= 15 is 0 Å². The summed E-state index contributed by atoms with van der Waals surface area (Å²) >= 11 is 1.71. The average molecular weight is 361 g/mol. The summed E-state index contributed by atoms with van der Waals surface area (Å²) < 4.78 is 18.8. The van der Waals surface area contributed by atoms with Gasteiger partial charge in [-0.05, 0) is 48.4 Å². The minimum absolute atomic E-state index is 0.0488. The predicted molar refractivity (Wildman–Crippen MR) is 93.7 cm³/mol. The molecule has 0 radical (unpaired) electrons. The molecule has 0 saturated carbocycles. The Morgan fingerprint density at radius 1 is 1.32 bits per heavy atom. The SMILES string of the molecule is CC(OC(=O)CCc1ccccc1F)C(=O)N1CCc2sccc2C1. The maximum Gasteiger partial charge on any atom is 0.306 e. The lowest BCUT2D eigenvalue weighted by Crippen LogP contribution is -2.42. The molecular formula is C19H20FNO3S. The summed E-state index contributed by atoms with van der Waals surface area (Å²) in [6.45, 7) is 2.80. The lowest BCUT2D eigenvalue weighted by atomic mass is 10.1. The van der Waals surface area contributed by atoms with Gasteiger partial charge in [0.2, 0.25) is 0 Å². The molecule has 4 nitrogen and oxygen atoms in total. The van der Waals surface area contributed by atoms with E-state index in [9.17, 15) is 14.0 Å². The second-order valence-corrected chi connectivity index (χ2v) is 7.10. The van der Waals surface area contributed by atoms with E-state index < -0.39 is 12.1 Å². The number of nitrogens with zero attached hydrogens (tertiary/aromatic N) is 1. The number of carbonyl (C=O) groups is 2. The van der Waals surface area contributed by atoms with Crippen molar-refractivity contribution in [1.29, 1.82) is 0 Å². The zero-order chi connectivity index (χ0) is 17.8. The molecule has 1 aliphatic heterocycles. The van der Waals surface area contributed by atoms with E-state index in [4.69, 9.17) is 4.74 Å². The van der Waals surface area contributed by atoms with E-state index in [0.717, 1.165) is 6.42 Å². The smallest absolute Gasteiger partial charge is 0.306 e. The van der Waals surface area contributed by atoms with Gasteiger partial charge in [0.05, 0.1) is 0 Å². The first-order valence-electron chi connectivity index (χ1n) is 8.31. The van der Waals surface area contributed by atoms with Gasteiger partial charge in [-0.15, -0.1) is 11.3 Å². The van der Waals surface area contributed by atoms with Crippen molar-refractivity contribution in [3.8, 4) is 0 Å². The van der Waals surface area contributed by atoms with Crippen LogP contribution >= 0.6 is 11.3 Å². The van der Waals surface area contributed by atoms with Crippen LogP contribution in [0.3, 0.4) is 0 Å². The normalized spacial score (nSPS) is 14.7. The lowest BCUT2D eigenvalue weighted by Gasteiger charge is -2.29. The minimum Gasteiger partial charge on any atom is -0.453 e. The highest BCUT2D eigenvalue weighted by Gasteiger charge is 2.27. The van der Waals surface area contributed by atoms with Gasteiger partial charge in [-0.2, -0.15) is 0 Å². The van der Waals surface area contributed by atoms with Crippen molar-refractivity contribution in [3.63, 3.8) is 0 Å². The Labute approximate surface area is 150 Å². The molecule has 0 spiro atoms. The Morgan fingerprint density at radius 3 is 2.92 bits per heavy atom. The van der Waals surface area contributed by atoms with Crippen molar-refractivity contribution in [2.24, 2.45) is 0 Å². The summed E-state index contributed by atoms with van der Waals surface area (Å²) in [6, 6.07) is 8.37. The van der Waals surface area contributed by atoms with Crippen molar-refractivity contribution in [1.82, 2.24) is 4.90 Å². The topological polar surface area (TPSA) is 46.6 Å². The molecule has 0 aliphatic carbocycles. The molecule has 132 valence electrons. The molecule has 2 heterocycles. The zero-order valence-electron chi connectivity index (χ0n) is 14.0. The molecule has 1 amide bonds. The Morgan fingerprint density at radius 2 is 2.12 bits per heavy atom. The minimum atomic E-state index is -0.826. The monoisotopic (exact) mass is 361 g/mol. The van der Waals surface area contributed by atoms with Crippen LogP contribution in [0, 0.1) is 5.82 Å². The molecule has 6 heteroatoms. The van der Waals surface area contributed by atoms with Crippen LogP contribution in [0.2, 0.25) is 0 Å². The third kappa shape index (κ3) is 4.25. The number of esters is 1. The van der Waals surface area contributed by atoms with Gasteiger partial charge in [0.25, 0.3) is 5.91 Å². The van der Waals surface area contributed by atoms with E-state index in [1.54, 1.807) is 41.4 Å². The number of hydrogen-bond acceptors (Lipinski definition) is 4. The van der Waals surface area contributed by atoms with E-state index in [1.807, 2.05) is 11.4 Å². The molecule has 1 aliphatic rings. The number of rotatable bonds is 5. The van der Waals surface area contributed by atoms with Crippen molar-refractivity contribution < 1.29 is 18.7 Å². The molecule has 3 rings (SSSR count). The molecule has 2 aromatic rings. The average Bonchev–Trinajstić information content (AvgIpc) is 3.08. The van der Waals surface area contributed by atoms with E-state index in [1.165, 1.54) is 16.5 Å². The van der Waals surface area contributed by atoms with Crippen LogP contribution in [-0.4, -0.2) is 29.4 Å². The second kappa shape index (κ2) is 7.78. The predicted octanol–water partition coefficient (Wildman–Crippen LogP) is 3.34. The molecular weight excluding hydrogens is 341 g/mol. The van der Waals surface area contributed by atoms with Crippen LogP contribution in [0.4, 0.5) is 4.39 Å². The molecule has 1 aromatic carbocycles. The maximum absolute atomic E-state index is 13.6. The highest BCUT2D eigenvalue weighted by Crippen LogP contribution is 2.24. The maximum atomic E-state index is 13.6. The number of aryl methyl sites for hydroxylation is 1. The molecule has 0 bridgehead atoms. The Balaban J connectivity index is 1.50. The number of carbonyl (C=O) groups excluding carboxylic acids is 2. The number of ether oxygens (including phenoxy) is 1. The third-order valence-corrected chi connectivity index (χ3v) is 5.35. The van der Waals surface area contributed by atoms with Gasteiger partial charge in [-0.1, -0.05) is 18.2 Å². The van der Waals surface area contributed by atoms with Crippen molar-refractivity contribution in [3.05, 3.63) is 57.5 Å². The van der Waals surface area contributed by atoms with Crippen LogP contribution in [0.25, 0.3) is 0 Å². The van der Waals surface area contributed by atoms with Gasteiger partial charge >= 0.3 is 5.97 Å². The number of amides is 1. The fraction of sp³-hybridized carbons (Fsp3) is 0.368. The van der Waals surface area contributed by atoms with Gasteiger partial charge in [-0.25, -0.2) is 4.39 Å². The van der Waals surface area contributed by atoms with Crippen molar-refractivity contribution in [2.75, 3.05) is 6.54 Å². The number of hydrogen-bond donors (Lipinski definition) is 0. The number of fused-ring (bicyclic) bond motifs is 1. The van der Waals surface area contributed by atoms with Gasteiger partial charge in [-0.3, -0.25) is 9.59 Å². The first-order valence-corrected chi connectivity index (χ1v) is 9.19. The van der Waals surface area contributed by atoms with Gasteiger partial charge < -0.3 is 9.64 Å². The van der Waals surface area contributed by atoms with Gasteiger partial charge in [0.15, 0.2) is 6.10 Å². The van der Waals surface area contributed by atoms with Crippen LogP contribution in [-0.2, 0) is 33.7 Å². The summed E-state index contributed by atoms with van der Waals surface area (Å²) in [4.78, 5) is 27.5. The number of halogens is 1. The molecule has 25 heavy (non-hydrogen) atoms. The molecule has 1 unspecified atom stereocenters. The lowest BCUT2D eigenvalue weighted by molar-refractivity contribution is -0.159. The standard InChI is InChI=1S/C19H20FNO3S/c1-13(19(23)21-10-8-17-15(12-21)9-11-25-17)24-18(22)7-6-14-4-2-3-5-16(14)20/h2-5,9,11,13H,6-8,10,12H2,1H3. The quantitative estimate of drug-likeness (QED) is 0.768. The first kappa shape index (κ1) is 17.6. The summed E-state index contributed by atoms with van der Waals surface area (Å²) in [7, 11) is 0. The van der Waals surface area contributed by atoms with Crippen LogP contribution < -0.4 is 0 Å². The summed E-state index contributed by atoms with van der Waals surface area (Å²) in [5, 5.41) is 2.03. The summed E-state index contributed by atoms with van der Waals surface area (Å²) in [5.74, 6) is -1.01. The largest absolute Gasteiger partial charge is 0.453 e. The third-order valence-electron chi connectivity index (χ3n) is 4.33. The van der Waals surface area contributed by atoms with Crippen molar-refractivity contribution in [2.45, 2.75) is 38.8 Å². The number of thiophene rings is 1. The highest BCUT2D eigenvalue weighted by molar-refractivity contribution is 7.10. The Kier molecular flexibility index (Phi) is 5.48. The van der Waals surface area contributed by atoms with Gasteiger partial charge in [0.1, 0.15) is 5.82 Å². The Hall–Kier alpha value is -2.21. The summed E-state index contributed by atoms with van der Waals surface area (Å²) in [6.07, 6.45) is 0.321. The number of benzene rings is 1. The first-order chi connectivity index (χ1) is 12.0. The fourth-order valence-electron chi connectivity index (χ4n) is 2.94. The van der Waals surface area contributed by atoms with E-state index in [2.05, 4.69) is 0 Å². The van der Waals surface area contributed by atoms with E-state index in [-0.39, 0.29) is 24.6 Å². The van der Waals surface area contributed by atoms with Crippen molar-refractivity contribution >= 4 is 23.2 Å². The zero-order valence-corrected chi connectivity index (χ0v) is 14.9. The van der Waals surface area contributed by atoms with Gasteiger partial charge in [0, 0.05) is 24.4 Å². The molecule has 1 atom stereocenters. The Bertz CT molecular complexity index is 774. The van der Waals surface area contributed by atoms with Crippen LogP contribution in [0.15, 0.2) is 35.7 Å². The second-order valence-electron chi connectivity index (χ2n) is 6.10.